The van der Waals surface area contributed by atoms with E-state index < -0.39 is 52.5 Å². The molecule has 4 unspecified atom stereocenters. The Kier molecular flexibility index (Phi) is 26.5. The van der Waals surface area contributed by atoms with Crippen LogP contribution in [0.25, 0.3) is 0 Å². The van der Waals surface area contributed by atoms with Crippen molar-refractivity contribution >= 4 is 82.3 Å². The number of imide groups is 2. The van der Waals surface area contributed by atoms with Crippen LogP contribution in [0.3, 0.4) is 0 Å². The number of nitrogens with two attached hydrogens (primary N) is 3. The highest BCUT2D eigenvalue weighted by molar-refractivity contribution is 8.01. The van der Waals surface area contributed by atoms with E-state index in [2.05, 4.69) is 21.3 Å². The molecule has 0 radical (unpaired) electrons. The summed E-state index contributed by atoms with van der Waals surface area (Å²) in [5, 5.41) is 9.66. The standard InChI is InChI=1S/C42H71N9O10S2/c1-27(52)15-7-5-13-21-50-36(55)23-33(41(50)60)62-25-30(44)38(57)46-20-12-10-17-32(40(59)47-19-11-4-9-18-35(54)48-29(3)43)49-39(58)31(45)26-63-34-24-37(56)51(42(34)61)22-14-6-8-16-28(2)53/h29-34H,4-26,43-45H2,1-3H3,(H,46,57)(H,47,59)(H,48,54)(H,49,58)/t29?,30-,31?,32-,33?,34?/m0/s1. The van der Waals surface area contributed by atoms with Crippen molar-refractivity contribution in [3.05, 3.63) is 0 Å². The number of Topliss-reactive ketones (excluding diaryl/α,β-unsaturated/α-hetero) is 2. The number of nitrogens with one attached hydrogen (secondary N) is 4. The minimum absolute atomic E-state index is 0.00118. The quantitative estimate of drug-likeness (QED) is 0.0263. The number of hydrogen-bond acceptors (Lipinski definition) is 15. The summed E-state index contributed by atoms with van der Waals surface area (Å²) in [7, 11) is 0. The normalized spacial score (nSPS) is 18.3. The highest BCUT2D eigenvalue weighted by Crippen LogP contribution is 2.27. The van der Waals surface area contributed by atoms with E-state index in [0.717, 1.165) is 18.2 Å². The summed E-state index contributed by atoms with van der Waals surface area (Å²) in [5.41, 5.74) is 17.9. The SMILES string of the molecule is CC(=O)CCCCCN1C(=O)CC(SCC(N)C(=O)N[C@@H](CCCCNC(=O)[C@@H](N)CSC2CC(=O)N(CCCCCC(C)=O)C2=O)C(=O)NCCCCCC(=O)NC(C)N)C1=O. The third-order valence-electron chi connectivity index (χ3n) is 10.5. The Morgan fingerprint density at radius 1 is 0.587 bits per heavy atom. The number of rotatable bonds is 34. The topological polar surface area (TPSA) is 303 Å². The predicted octanol–water partition coefficient (Wildman–Crippen LogP) is 0.530. The summed E-state index contributed by atoms with van der Waals surface area (Å²) >= 11 is 2.29. The van der Waals surface area contributed by atoms with E-state index in [0.29, 0.717) is 96.6 Å². The molecule has 63 heavy (non-hydrogen) atoms. The van der Waals surface area contributed by atoms with Gasteiger partial charge in [0.2, 0.25) is 47.3 Å². The lowest BCUT2D eigenvalue weighted by atomic mass is 10.1. The van der Waals surface area contributed by atoms with Crippen LogP contribution in [0.1, 0.15) is 130 Å². The molecule has 2 saturated heterocycles. The van der Waals surface area contributed by atoms with Crippen LogP contribution < -0.4 is 38.5 Å². The summed E-state index contributed by atoms with van der Waals surface area (Å²) in [6, 6.07) is -2.97. The first kappa shape index (κ1) is 55.2. The van der Waals surface area contributed by atoms with Crippen molar-refractivity contribution in [1.29, 1.82) is 0 Å². The molecule has 0 spiro atoms. The van der Waals surface area contributed by atoms with E-state index in [1.165, 1.54) is 35.4 Å². The van der Waals surface area contributed by atoms with Crippen LogP contribution in [-0.2, 0) is 47.9 Å². The smallest absolute Gasteiger partial charge is 0.242 e. The molecule has 2 fully saturated rings. The summed E-state index contributed by atoms with van der Waals surface area (Å²) in [4.78, 5) is 127. The van der Waals surface area contributed by atoms with Crippen LogP contribution >= 0.6 is 23.5 Å². The lowest BCUT2D eigenvalue weighted by Gasteiger charge is -2.21. The number of carbonyl (C=O) groups excluding carboxylic acids is 10. The van der Waals surface area contributed by atoms with Gasteiger partial charge in [-0.2, -0.15) is 0 Å². The van der Waals surface area contributed by atoms with Crippen LogP contribution in [0.5, 0.6) is 0 Å². The van der Waals surface area contributed by atoms with Crippen molar-refractivity contribution in [3.63, 3.8) is 0 Å². The van der Waals surface area contributed by atoms with Gasteiger partial charge < -0.3 is 48.1 Å². The van der Waals surface area contributed by atoms with Gasteiger partial charge in [-0.15, -0.1) is 23.5 Å². The first-order chi connectivity index (χ1) is 29.9. The van der Waals surface area contributed by atoms with E-state index in [1.807, 2.05) is 0 Å². The molecule has 0 aromatic carbocycles. The maximum Gasteiger partial charge on any atom is 0.242 e. The Morgan fingerprint density at radius 3 is 1.52 bits per heavy atom. The molecular weight excluding hydrogens is 855 g/mol. The fraction of sp³-hybridized carbons (Fsp3) is 0.762. The molecule has 0 aliphatic carbocycles. The Bertz CT molecular complexity index is 1590. The molecule has 2 aliphatic heterocycles. The van der Waals surface area contributed by atoms with Crippen molar-refractivity contribution in [3.8, 4) is 0 Å². The molecule has 21 heteroatoms. The second-order valence-electron chi connectivity index (χ2n) is 16.4. The van der Waals surface area contributed by atoms with Gasteiger partial charge in [-0.3, -0.25) is 48.2 Å². The molecule has 0 aromatic rings. The molecule has 2 heterocycles. The second-order valence-corrected chi connectivity index (χ2v) is 18.8. The average Bonchev–Trinajstić information content (AvgIpc) is 3.65. The molecule has 10 N–H and O–H groups in total. The number of amides is 8. The zero-order valence-corrected chi connectivity index (χ0v) is 38.9. The molecule has 0 bridgehead atoms. The molecule has 0 aromatic heterocycles. The molecule has 8 amide bonds. The molecule has 0 saturated carbocycles. The van der Waals surface area contributed by atoms with Crippen LogP contribution in [0.15, 0.2) is 0 Å². The number of ketones is 2. The third kappa shape index (κ3) is 22.0. The first-order valence-electron chi connectivity index (χ1n) is 22.2. The summed E-state index contributed by atoms with van der Waals surface area (Å²) in [6.45, 7) is 5.82. The van der Waals surface area contributed by atoms with Crippen LogP contribution in [0, 0.1) is 0 Å². The predicted molar refractivity (Wildman–Crippen MR) is 241 cm³/mol. The summed E-state index contributed by atoms with van der Waals surface area (Å²) in [5.74, 6) is -2.45. The number of unbranched alkanes of at least 4 members (excludes halogenated alkanes) is 7. The number of nitrogens with zero attached hydrogens (tertiary/aromatic N) is 2. The van der Waals surface area contributed by atoms with E-state index in [9.17, 15) is 47.9 Å². The van der Waals surface area contributed by atoms with Gasteiger partial charge in [0.15, 0.2) is 0 Å². The minimum atomic E-state index is -1.08. The summed E-state index contributed by atoms with van der Waals surface area (Å²) in [6.07, 6.45) is 7.83. The largest absolute Gasteiger partial charge is 0.355 e. The average molecular weight is 926 g/mol. The number of carbonyl (C=O) groups is 10. The maximum atomic E-state index is 13.3. The fourth-order valence-corrected chi connectivity index (χ4v) is 9.12. The third-order valence-corrected chi connectivity index (χ3v) is 13.1. The molecule has 6 atom stereocenters. The van der Waals surface area contributed by atoms with Crippen LogP contribution in [0.4, 0.5) is 0 Å². The van der Waals surface area contributed by atoms with E-state index >= 15 is 0 Å². The minimum Gasteiger partial charge on any atom is -0.355 e. The lowest BCUT2D eigenvalue weighted by molar-refractivity contribution is -0.139. The first-order valence-corrected chi connectivity index (χ1v) is 24.3. The molecule has 2 rings (SSSR count). The van der Waals surface area contributed by atoms with Gasteiger partial charge in [0.25, 0.3) is 0 Å². The molecular formula is C42H71N9O10S2. The Labute approximate surface area is 379 Å². The lowest BCUT2D eigenvalue weighted by Crippen LogP contribution is -2.52. The van der Waals surface area contributed by atoms with Crippen LogP contribution in [0.2, 0.25) is 0 Å². The summed E-state index contributed by atoms with van der Waals surface area (Å²) < 4.78 is 0. The Hall–Kier alpha value is -3.92. The Balaban J connectivity index is 1.84. The second kappa shape index (κ2) is 30.3. The number of likely N-dealkylation sites (tertiary alicyclic amines) is 2. The van der Waals surface area contributed by atoms with Crippen molar-refractivity contribution in [1.82, 2.24) is 31.1 Å². The van der Waals surface area contributed by atoms with Gasteiger partial charge in [-0.25, -0.2) is 0 Å². The van der Waals surface area contributed by atoms with Crippen molar-refractivity contribution < 1.29 is 47.9 Å². The molecule has 356 valence electrons. The van der Waals surface area contributed by atoms with Gasteiger partial charge in [-0.1, -0.05) is 19.3 Å². The molecule has 19 nitrogen and oxygen atoms in total. The monoisotopic (exact) mass is 925 g/mol. The zero-order valence-electron chi connectivity index (χ0n) is 37.3. The van der Waals surface area contributed by atoms with Gasteiger partial charge in [0.05, 0.1) is 28.7 Å². The maximum absolute atomic E-state index is 13.3. The van der Waals surface area contributed by atoms with Crippen molar-refractivity contribution in [2.45, 2.75) is 165 Å². The van der Waals surface area contributed by atoms with Gasteiger partial charge in [-0.05, 0) is 78.6 Å². The van der Waals surface area contributed by atoms with Gasteiger partial charge >= 0.3 is 0 Å². The van der Waals surface area contributed by atoms with Crippen molar-refractivity contribution in [2.75, 3.05) is 37.7 Å². The highest BCUT2D eigenvalue weighted by atomic mass is 32.2. The molecule has 2 aliphatic rings. The van der Waals surface area contributed by atoms with Gasteiger partial charge in [0, 0.05) is 69.8 Å². The van der Waals surface area contributed by atoms with Crippen molar-refractivity contribution in [2.24, 2.45) is 17.2 Å². The van der Waals surface area contributed by atoms with Gasteiger partial charge in [0.1, 0.15) is 17.6 Å². The van der Waals surface area contributed by atoms with E-state index in [-0.39, 0.29) is 85.0 Å². The highest BCUT2D eigenvalue weighted by Gasteiger charge is 2.40. The number of thioether (sulfide) groups is 2. The Morgan fingerprint density at radius 2 is 1.03 bits per heavy atom. The number of hydrogen-bond donors (Lipinski definition) is 7. The zero-order chi connectivity index (χ0) is 46.9. The fourth-order valence-electron chi connectivity index (χ4n) is 6.88. The van der Waals surface area contributed by atoms with E-state index in [4.69, 9.17) is 17.2 Å². The van der Waals surface area contributed by atoms with E-state index in [1.54, 1.807) is 6.92 Å². The van der Waals surface area contributed by atoms with Crippen LogP contribution in [-0.4, -0.2) is 141 Å².